The monoisotopic (exact) mass is 307 g/mol. The fourth-order valence-electron chi connectivity index (χ4n) is 1.42. The predicted molar refractivity (Wildman–Crippen MR) is 87.0 cm³/mol. The number of nitrogens with one attached hydrogen (secondary N) is 1. The molecular formula is C16H22BrN. The fraction of sp³-hybridized carbons (Fsp3) is 0.250. The first-order valence-electron chi connectivity index (χ1n) is 5.94. The zero-order valence-corrected chi connectivity index (χ0v) is 13.0. The number of hydrogen-bond donors (Lipinski definition) is 1. The van der Waals surface area contributed by atoms with Gasteiger partial charge in [-0.1, -0.05) is 66.4 Å². The van der Waals surface area contributed by atoms with Crippen LogP contribution in [0.25, 0.3) is 5.57 Å². The molecule has 98 valence electrons. The maximum absolute atomic E-state index is 4.06. The predicted octanol–water partition coefficient (Wildman–Crippen LogP) is 4.56. The molecule has 0 aliphatic carbocycles. The Morgan fingerprint density at radius 1 is 1.22 bits per heavy atom. The summed E-state index contributed by atoms with van der Waals surface area (Å²) in [6.45, 7) is 9.96. The van der Waals surface area contributed by atoms with Gasteiger partial charge in [0.2, 0.25) is 0 Å². The van der Waals surface area contributed by atoms with Gasteiger partial charge in [-0.2, -0.15) is 0 Å². The van der Waals surface area contributed by atoms with Crippen LogP contribution in [0.3, 0.4) is 0 Å². The summed E-state index contributed by atoms with van der Waals surface area (Å²) in [4.78, 5) is 0. The quantitative estimate of drug-likeness (QED) is 0.804. The highest BCUT2D eigenvalue weighted by atomic mass is 79.9. The van der Waals surface area contributed by atoms with Crippen LogP contribution < -0.4 is 5.32 Å². The Bertz CT molecular complexity index is 419. The summed E-state index contributed by atoms with van der Waals surface area (Å²) >= 11 is 3.29. The highest BCUT2D eigenvalue weighted by molar-refractivity contribution is 9.11. The van der Waals surface area contributed by atoms with Crippen LogP contribution in [0.1, 0.15) is 18.1 Å². The molecule has 1 nitrogen and oxygen atoms in total. The highest BCUT2D eigenvalue weighted by Gasteiger charge is 2.00. The second kappa shape index (κ2) is 9.86. The number of rotatable bonds is 4. The van der Waals surface area contributed by atoms with Gasteiger partial charge in [0.05, 0.1) is 0 Å². The molecule has 0 unspecified atom stereocenters. The Morgan fingerprint density at radius 2 is 1.78 bits per heavy atom. The van der Waals surface area contributed by atoms with E-state index in [4.69, 9.17) is 0 Å². The van der Waals surface area contributed by atoms with E-state index < -0.39 is 0 Å². The molecule has 18 heavy (non-hydrogen) atoms. The largest absolute Gasteiger partial charge is 0.323 e. The van der Waals surface area contributed by atoms with Gasteiger partial charge < -0.3 is 5.32 Å². The van der Waals surface area contributed by atoms with Gasteiger partial charge >= 0.3 is 0 Å². The van der Waals surface area contributed by atoms with Crippen molar-refractivity contribution in [3.05, 3.63) is 65.2 Å². The molecular weight excluding hydrogens is 286 g/mol. The third-order valence-electron chi connectivity index (χ3n) is 2.21. The fourth-order valence-corrected chi connectivity index (χ4v) is 1.55. The average molecular weight is 308 g/mol. The number of benzene rings is 1. The summed E-state index contributed by atoms with van der Waals surface area (Å²) in [6, 6.07) is 8.33. The van der Waals surface area contributed by atoms with Crippen LogP contribution in [0.4, 0.5) is 0 Å². The molecule has 0 atom stereocenters. The SMILES string of the molecule is C=C(Br)/C=C\C(=C)c1ccccc1CC.CNC. The van der Waals surface area contributed by atoms with Crippen molar-refractivity contribution in [2.24, 2.45) is 0 Å². The van der Waals surface area contributed by atoms with E-state index in [1.54, 1.807) is 0 Å². The molecule has 0 bridgehead atoms. The van der Waals surface area contributed by atoms with E-state index in [1.807, 2.05) is 32.3 Å². The minimum Gasteiger partial charge on any atom is -0.323 e. The van der Waals surface area contributed by atoms with E-state index in [0.29, 0.717) is 0 Å². The standard InChI is InChI=1S/C14H15Br.C2H7N/c1-4-13-7-5-6-8-14(13)11(2)9-10-12(3)15;1-3-2/h5-10H,2-4H2,1H3;3H,1-2H3/b10-9-;. The molecule has 0 aliphatic rings. The summed E-state index contributed by atoms with van der Waals surface area (Å²) in [6.07, 6.45) is 4.92. The first kappa shape index (κ1) is 16.9. The summed E-state index contributed by atoms with van der Waals surface area (Å²) in [5, 5.41) is 2.75. The third-order valence-corrected chi connectivity index (χ3v) is 2.47. The molecule has 1 rings (SSSR count). The van der Waals surface area contributed by atoms with E-state index in [9.17, 15) is 0 Å². The minimum atomic E-state index is 0.859. The maximum atomic E-state index is 4.06. The molecule has 0 saturated carbocycles. The first-order valence-corrected chi connectivity index (χ1v) is 6.74. The van der Waals surface area contributed by atoms with Crippen LogP contribution in [0.5, 0.6) is 0 Å². The number of allylic oxidation sites excluding steroid dienone is 4. The van der Waals surface area contributed by atoms with E-state index in [1.165, 1.54) is 11.1 Å². The lowest BCUT2D eigenvalue weighted by molar-refractivity contribution is 1.02. The van der Waals surface area contributed by atoms with Crippen LogP contribution in [0.15, 0.2) is 54.1 Å². The van der Waals surface area contributed by atoms with Crippen LogP contribution >= 0.6 is 15.9 Å². The van der Waals surface area contributed by atoms with Crippen LogP contribution in [0.2, 0.25) is 0 Å². The summed E-state index contributed by atoms with van der Waals surface area (Å²) in [5.41, 5.74) is 3.56. The van der Waals surface area contributed by atoms with E-state index in [2.05, 4.69) is 59.5 Å². The van der Waals surface area contributed by atoms with Gasteiger partial charge in [0.25, 0.3) is 0 Å². The molecule has 1 aromatic rings. The number of hydrogen-bond acceptors (Lipinski definition) is 1. The molecule has 0 aromatic heterocycles. The molecule has 0 spiro atoms. The van der Waals surface area contributed by atoms with Crippen molar-refractivity contribution < 1.29 is 0 Å². The summed E-state index contributed by atoms with van der Waals surface area (Å²) < 4.78 is 0.859. The number of halogens is 1. The first-order chi connectivity index (χ1) is 8.56. The van der Waals surface area contributed by atoms with Crippen molar-refractivity contribution >= 4 is 21.5 Å². The lowest BCUT2D eigenvalue weighted by atomic mass is 9.99. The highest BCUT2D eigenvalue weighted by Crippen LogP contribution is 2.20. The molecule has 0 radical (unpaired) electrons. The van der Waals surface area contributed by atoms with Crippen molar-refractivity contribution in [3.8, 4) is 0 Å². The molecule has 0 saturated heterocycles. The molecule has 2 heteroatoms. The molecule has 0 fully saturated rings. The molecule has 1 aromatic carbocycles. The van der Waals surface area contributed by atoms with E-state index in [-0.39, 0.29) is 0 Å². The van der Waals surface area contributed by atoms with Crippen molar-refractivity contribution in [2.75, 3.05) is 14.1 Å². The zero-order chi connectivity index (χ0) is 14.0. The van der Waals surface area contributed by atoms with Gasteiger partial charge in [-0.05, 0) is 43.3 Å². The Balaban J connectivity index is 0.000000873. The van der Waals surface area contributed by atoms with Crippen molar-refractivity contribution in [3.63, 3.8) is 0 Å². The summed E-state index contributed by atoms with van der Waals surface area (Å²) in [7, 11) is 3.75. The summed E-state index contributed by atoms with van der Waals surface area (Å²) in [5.74, 6) is 0. The van der Waals surface area contributed by atoms with Crippen LogP contribution in [-0.4, -0.2) is 14.1 Å². The second-order valence-corrected chi connectivity index (χ2v) is 4.83. The van der Waals surface area contributed by atoms with Crippen LogP contribution in [-0.2, 0) is 6.42 Å². The number of aryl methyl sites for hydroxylation is 1. The lowest BCUT2D eigenvalue weighted by Gasteiger charge is -2.06. The maximum Gasteiger partial charge on any atom is 0.0103 e. The van der Waals surface area contributed by atoms with Gasteiger partial charge in [0.1, 0.15) is 0 Å². The molecule has 1 N–H and O–H groups in total. The van der Waals surface area contributed by atoms with Gasteiger partial charge in [-0.3, -0.25) is 0 Å². The molecule has 0 heterocycles. The van der Waals surface area contributed by atoms with E-state index >= 15 is 0 Å². The van der Waals surface area contributed by atoms with Crippen molar-refractivity contribution in [1.82, 2.24) is 5.32 Å². The minimum absolute atomic E-state index is 0.859. The van der Waals surface area contributed by atoms with Gasteiger partial charge in [-0.15, -0.1) is 0 Å². The average Bonchev–Trinajstić information content (AvgIpc) is 2.36. The van der Waals surface area contributed by atoms with Crippen molar-refractivity contribution in [1.29, 1.82) is 0 Å². The smallest absolute Gasteiger partial charge is 0.0103 e. The Morgan fingerprint density at radius 3 is 2.28 bits per heavy atom. The molecule has 0 aliphatic heterocycles. The van der Waals surface area contributed by atoms with Gasteiger partial charge in [0.15, 0.2) is 0 Å². The Kier molecular flexibility index (Phi) is 9.25. The topological polar surface area (TPSA) is 12.0 Å². The van der Waals surface area contributed by atoms with Crippen LogP contribution in [0, 0.1) is 0 Å². The van der Waals surface area contributed by atoms with Crippen molar-refractivity contribution in [2.45, 2.75) is 13.3 Å². The van der Waals surface area contributed by atoms with Gasteiger partial charge in [-0.25, -0.2) is 0 Å². The normalized spacial score (nSPS) is 9.78. The second-order valence-electron chi connectivity index (χ2n) is 3.82. The van der Waals surface area contributed by atoms with Gasteiger partial charge in [0, 0.05) is 4.48 Å². The third kappa shape index (κ3) is 6.58. The molecule has 0 amide bonds. The zero-order valence-electron chi connectivity index (χ0n) is 11.5. The lowest BCUT2D eigenvalue weighted by Crippen LogP contribution is -1.89. The Labute approximate surface area is 119 Å². The Hall–Kier alpha value is -1.12. The van der Waals surface area contributed by atoms with E-state index in [0.717, 1.165) is 16.5 Å².